The molecule has 0 saturated heterocycles. The summed E-state index contributed by atoms with van der Waals surface area (Å²) in [7, 11) is 1.54. The molecular formula is C26H31N3O5S. The van der Waals surface area contributed by atoms with E-state index in [9.17, 15) is 14.4 Å². The fourth-order valence-electron chi connectivity index (χ4n) is 3.24. The number of benzene rings is 2. The number of hydrogen-bond donors (Lipinski definition) is 3. The maximum absolute atomic E-state index is 13.5. The van der Waals surface area contributed by atoms with Crippen molar-refractivity contribution in [2.24, 2.45) is 0 Å². The monoisotopic (exact) mass is 497 g/mol. The Morgan fingerprint density at radius 3 is 2.26 bits per heavy atom. The Morgan fingerprint density at radius 2 is 1.74 bits per heavy atom. The van der Waals surface area contributed by atoms with Gasteiger partial charge in [0.2, 0.25) is 0 Å². The molecule has 2 rings (SSSR count). The molecule has 2 N–H and O–H groups in total. The molecule has 9 heteroatoms. The number of carbonyl (C=O) groups is 3. The number of terminal acetylenes is 1. The van der Waals surface area contributed by atoms with Gasteiger partial charge in [-0.25, -0.2) is 4.79 Å². The zero-order valence-electron chi connectivity index (χ0n) is 20.5. The van der Waals surface area contributed by atoms with Crippen molar-refractivity contribution < 1.29 is 23.9 Å². The number of anilines is 1. The first kappa shape index (κ1) is 27.6. The molecule has 2 atom stereocenters. The molecule has 0 fully saturated rings. The van der Waals surface area contributed by atoms with E-state index in [1.165, 1.54) is 0 Å². The van der Waals surface area contributed by atoms with Crippen LogP contribution in [0.15, 0.2) is 48.5 Å². The quantitative estimate of drug-likeness (QED) is 0.292. The van der Waals surface area contributed by atoms with E-state index in [2.05, 4.69) is 29.3 Å². The zero-order chi connectivity index (χ0) is 26.2. The highest BCUT2D eigenvalue weighted by molar-refractivity contribution is 7.80. The smallest absolute Gasteiger partial charge is 0.408 e. The molecular weight excluding hydrogens is 466 g/mol. The topological polar surface area (TPSA) is 97.0 Å². The predicted octanol–water partition coefficient (Wildman–Crippen LogP) is 3.93. The average Bonchev–Trinajstić information content (AvgIpc) is 2.80. The van der Waals surface area contributed by atoms with Crippen molar-refractivity contribution in [1.82, 2.24) is 10.2 Å². The number of methoxy groups -OCH3 is 1. The SMILES string of the molecule is C#CN(C(=O)C(CS)NC(=O)OC(C)(C)C)C(C(=O)Nc1ccc(OC)cc1)c1ccccc1C. The van der Waals surface area contributed by atoms with Crippen molar-refractivity contribution in [3.63, 3.8) is 0 Å². The Morgan fingerprint density at radius 1 is 1.11 bits per heavy atom. The van der Waals surface area contributed by atoms with Crippen LogP contribution in [0, 0.1) is 19.4 Å². The fourth-order valence-corrected chi connectivity index (χ4v) is 3.49. The van der Waals surface area contributed by atoms with Crippen LogP contribution in [0.2, 0.25) is 0 Å². The van der Waals surface area contributed by atoms with Gasteiger partial charge in [0.05, 0.1) is 7.11 Å². The number of carbonyl (C=O) groups excluding carboxylic acids is 3. The van der Waals surface area contributed by atoms with Gasteiger partial charge in [-0.2, -0.15) is 12.6 Å². The van der Waals surface area contributed by atoms with Gasteiger partial charge in [-0.3, -0.25) is 14.5 Å². The Balaban J connectivity index is 2.39. The molecule has 0 aliphatic rings. The second kappa shape index (κ2) is 12.2. The molecule has 0 heterocycles. The number of thiol groups is 1. The molecule has 35 heavy (non-hydrogen) atoms. The number of amides is 3. The minimum absolute atomic E-state index is 0.0587. The third-order valence-corrected chi connectivity index (χ3v) is 5.26. The van der Waals surface area contributed by atoms with Gasteiger partial charge >= 0.3 is 6.09 Å². The number of nitrogens with zero attached hydrogens (tertiary/aromatic N) is 1. The standard InChI is InChI=1S/C26H31N3O5S/c1-7-29(24(31)21(16-35)28-25(32)34-26(3,4)5)22(20-11-9-8-10-17(20)2)23(30)27-18-12-14-19(33-6)15-13-18/h1,8-15,21-22,35H,16H2,2-6H3,(H,27,30)(H,28,32). The third-order valence-electron chi connectivity index (χ3n) is 4.90. The Labute approximate surface area is 211 Å². The van der Waals surface area contributed by atoms with Crippen molar-refractivity contribution in [3.8, 4) is 18.2 Å². The number of aryl methyl sites for hydroxylation is 1. The van der Waals surface area contributed by atoms with Gasteiger partial charge in [-0.05, 0) is 63.1 Å². The summed E-state index contributed by atoms with van der Waals surface area (Å²) >= 11 is 4.20. The molecule has 3 amide bonds. The van der Waals surface area contributed by atoms with Gasteiger partial charge in [0.15, 0.2) is 0 Å². The van der Waals surface area contributed by atoms with Crippen molar-refractivity contribution in [1.29, 1.82) is 0 Å². The van der Waals surface area contributed by atoms with Crippen LogP contribution in [0.4, 0.5) is 10.5 Å². The highest BCUT2D eigenvalue weighted by atomic mass is 32.1. The maximum atomic E-state index is 13.5. The van der Waals surface area contributed by atoms with Gasteiger partial charge in [-0.1, -0.05) is 30.7 Å². The summed E-state index contributed by atoms with van der Waals surface area (Å²) in [6.07, 6.45) is 4.95. The summed E-state index contributed by atoms with van der Waals surface area (Å²) in [5, 5.41) is 5.29. The Bertz CT molecular complexity index is 1090. The van der Waals surface area contributed by atoms with Crippen LogP contribution >= 0.6 is 12.6 Å². The van der Waals surface area contributed by atoms with Crippen LogP contribution < -0.4 is 15.4 Å². The molecule has 0 bridgehead atoms. The molecule has 2 aromatic carbocycles. The van der Waals surface area contributed by atoms with E-state index >= 15 is 0 Å². The first-order valence-electron chi connectivity index (χ1n) is 10.9. The van der Waals surface area contributed by atoms with Gasteiger partial charge < -0.3 is 20.1 Å². The number of alkyl carbamates (subject to hydrolysis) is 1. The molecule has 0 radical (unpaired) electrons. The largest absolute Gasteiger partial charge is 0.497 e. The van der Waals surface area contributed by atoms with Gasteiger partial charge in [-0.15, -0.1) is 0 Å². The van der Waals surface area contributed by atoms with Crippen LogP contribution in [0.25, 0.3) is 0 Å². The number of rotatable bonds is 8. The molecule has 0 aliphatic carbocycles. The van der Waals surface area contributed by atoms with Crippen molar-refractivity contribution in [2.45, 2.75) is 45.4 Å². The van der Waals surface area contributed by atoms with Crippen LogP contribution in [-0.2, 0) is 14.3 Å². The number of ether oxygens (including phenoxy) is 2. The number of hydrogen-bond acceptors (Lipinski definition) is 6. The van der Waals surface area contributed by atoms with Crippen LogP contribution in [0.3, 0.4) is 0 Å². The lowest BCUT2D eigenvalue weighted by atomic mass is 9.98. The number of nitrogens with one attached hydrogen (secondary N) is 2. The van der Waals surface area contributed by atoms with Crippen LogP contribution in [0.1, 0.15) is 37.9 Å². The maximum Gasteiger partial charge on any atom is 0.408 e. The molecule has 0 saturated carbocycles. The van der Waals surface area contributed by atoms with E-state index in [0.717, 1.165) is 10.5 Å². The van der Waals surface area contributed by atoms with Crippen LogP contribution in [-0.4, -0.2) is 47.3 Å². The second-order valence-electron chi connectivity index (χ2n) is 8.70. The minimum Gasteiger partial charge on any atom is -0.497 e. The predicted molar refractivity (Wildman–Crippen MR) is 138 cm³/mol. The average molecular weight is 498 g/mol. The molecule has 186 valence electrons. The molecule has 0 aliphatic heterocycles. The molecule has 0 spiro atoms. The lowest BCUT2D eigenvalue weighted by Crippen LogP contribution is -2.51. The van der Waals surface area contributed by atoms with Crippen molar-refractivity contribution >= 4 is 36.2 Å². The first-order valence-corrected chi connectivity index (χ1v) is 11.5. The van der Waals surface area contributed by atoms with E-state index in [1.54, 1.807) is 64.3 Å². The van der Waals surface area contributed by atoms with E-state index in [0.29, 0.717) is 17.0 Å². The second-order valence-corrected chi connectivity index (χ2v) is 9.06. The van der Waals surface area contributed by atoms with Gasteiger partial charge in [0, 0.05) is 17.5 Å². The van der Waals surface area contributed by atoms with E-state index in [4.69, 9.17) is 15.9 Å². The normalized spacial score (nSPS) is 12.5. The first-order chi connectivity index (χ1) is 16.5. The fraction of sp³-hybridized carbons (Fsp3) is 0.346. The molecule has 2 unspecified atom stereocenters. The zero-order valence-corrected chi connectivity index (χ0v) is 21.4. The van der Waals surface area contributed by atoms with Crippen LogP contribution in [0.5, 0.6) is 5.75 Å². The molecule has 0 aromatic heterocycles. The Hall–Kier alpha value is -3.64. The van der Waals surface area contributed by atoms with Crippen molar-refractivity contribution in [3.05, 3.63) is 59.7 Å². The van der Waals surface area contributed by atoms with Gasteiger partial charge in [0.1, 0.15) is 23.4 Å². The summed E-state index contributed by atoms with van der Waals surface area (Å²) in [6.45, 7) is 6.93. The molecule has 2 aromatic rings. The lowest BCUT2D eigenvalue weighted by molar-refractivity contribution is -0.136. The highest BCUT2D eigenvalue weighted by Gasteiger charge is 2.36. The van der Waals surface area contributed by atoms with Crippen molar-refractivity contribution in [2.75, 3.05) is 18.2 Å². The minimum atomic E-state index is -1.17. The van der Waals surface area contributed by atoms with Gasteiger partial charge in [0.25, 0.3) is 11.8 Å². The highest BCUT2D eigenvalue weighted by Crippen LogP contribution is 2.27. The summed E-state index contributed by atoms with van der Waals surface area (Å²) < 4.78 is 10.4. The summed E-state index contributed by atoms with van der Waals surface area (Å²) in [5.74, 6) is -0.627. The third kappa shape index (κ3) is 7.69. The van der Waals surface area contributed by atoms with E-state index in [1.807, 2.05) is 19.1 Å². The Kier molecular flexibility index (Phi) is 9.60. The summed E-state index contributed by atoms with van der Waals surface area (Å²) in [5.41, 5.74) is 1.04. The lowest BCUT2D eigenvalue weighted by Gasteiger charge is -2.30. The van der Waals surface area contributed by atoms with E-state index in [-0.39, 0.29) is 5.75 Å². The van der Waals surface area contributed by atoms with E-state index < -0.39 is 35.6 Å². The molecule has 8 nitrogen and oxygen atoms in total. The summed E-state index contributed by atoms with van der Waals surface area (Å²) in [4.78, 5) is 40.2. The summed E-state index contributed by atoms with van der Waals surface area (Å²) in [6, 6.07) is 13.9.